The summed E-state index contributed by atoms with van der Waals surface area (Å²) < 4.78 is 12.9. The molecule has 7 heteroatoms. The Morgan fingerprint density at radius 1 is 0.761 bits per heavy atom. The van der Waals surface area contributed by atoms with Gasteiger partial charge < -0.3 is 25.5 Å². The van der Waals surface area contributed by atoms with Gasteiger partial charge in [-0.1, -0.05) is 162 Å². The molecule has 0 bridgehead atoms. The van der Waals surface area contributed by atoms with Crippen LogP contribution in [-0.2, 0) is 20.7 Å². The minimum atomic E-state index is -0.662. The highest BCUT2D eigenvalue weighted by Crippen LogP contribution is 2.19. The van der Waals surface area contributed by atoms with Crippen LogP contribution in [0.15, 0.2) is 12.5 Å². The quantitative estimate of drug-likeness (QED) is 0.0510. The van der Waals surface area contributed by atoms with Crippen molar-refractivity contribution < 1.29 is 14.3 Å². The number of carbonyl (C=O) groups is 1. The SMILES string of the molecule is CCCCCCCCCCCCCCCC(OC(CC)NC(=O)[C@@H](N)Cc1c[nH]cn1)C(C)OCCCCCCCCCCCC. The van der Waals surface area contributed by atoms with E-state index in [0.29, 0.717) is 12.8 Å². The number of hydrogen-bond donors (Lipinski definition) is 3. The number of aromatic nitrogens is 2. The lowest BCUT2D eigenvalue weighted by Gasteiger charge is -2.30. The molecule has 0 saturated heterocycles. The van der Waals surface area contributed by atoms with E-state index in [1.165, 1.54) is 135 Å². The Hall–Kier alpha value is -1.44. The highest BCUT2D eigenvalue weighted by molar-refractivity contribution is 5.81. The average Bonchev–Trinajstić information content (AvgIpc) is 3.57. The molecule has 4 atom stereocenters. The first kappa shape index (κ1) is 42.6. The highest BCUT2D eigenvalue weighted by Gasteiger charge is 2.25. The molecule has 0 aromatic carbocycles. The molecule has 0 fully saturated rings. The molecule has 46 heavy (non-hydrogen) atoms. The van der Waals surface area contributed by atoms with E-state index >= 15 is 0 Å². The molecule has 0 saturated carbocycles. The van der Waals surface area contributed by atoms with Crippen LogP contribution in [0.1, 0.15) is 194 Å². The average molecular weight is 649 g/mol. The maximum absolute atomic E-state index is 12.9. The van der Waals surface area contributed by atoms with E-state index in [9.17, 15) is 4.79 Å². The van der Waals surface area contributed by atoms with Crippen LogP contribution in [0, 0.1) is 0 Å². The summed E-state index contributed by atoms with van der Waals surface area (Å²) in [4.78, 5) is 20.0. The lowest BCUT2D eigenvalue weighted by Crippen LogP contribution is -2.49. The van der Waals surface area contributed by atoms with Crippen molar-refractivity contribution in [3.8, 4) is 0 Å². The lowest BCUT2D eigenvalue weighted by molar-refractivity contribution is -0.136. The Bertz CT molecular complexity index is 775. The summed E-state index contributed by atoms with van der Waals surface area (Å²) in [5, 5.41) is 3.05. The third-order valence-corrected chi connectivity index (χ3v) is 9.33. The smallest absolute Gasteiger partial charge is 0.239 e. The zero-order valence-corrected chi connectivity index (χ0v) is 30.8. The number of carbonyl (C=O) groups excluding carboxylic acids is 1. The Morgan fingerprint density at radius 3 is 1.70 bits per heavy atom. The van der Waals surface area contributed by atoms with Gasteiger partial charge in [-0.25, -0.2) is 4.98 Å². The summed E-state index contributed by atoms with van der Waals surface area (Å²) in [6.45, 7) is 9.51. The first-order valence-electron chi connectivity index (χ1n) is 19.8. The van der Waals surface area contributed by atoms with Crippen LogP contribution in [0.5, 0.6) is 0 Å². The van der Waals surface area contributed by atoms with E-state index in [1.807, 2.05) is 6.92 Å². The van der Waals surface area contributed by atoms with E-state index < -0.39 is 6.04 Å². The van der Waals surface area contributed by atoms with Gasteiger partial charge in [-0.2, -0.15) is 0 Å². The largest absolute Gasteiger partial charge is 0.376 e. The van der Waals surface area contributed by atoms with Crippen LogP contribution in [0.4, 0.5) is 0 Å². The van der Waals surface area contributed by atoms with Crippen LogP contribution < -0.4 is 11.1 Å². The summed E-state index contributed by atoms with van der Waals surface area (Å²) in [5.74, 6) is -0.200. The minimum absolute atomic E-state index is 0.0143. The lowest BCUT2D eigenvalue weighted by atomic mass is 10.0. The van der Waals surface area contributed by atoms with Crippen molar-refractivity contribution in [3.05, 3.63) is 18.2 Å². The van der Waals surface area contributed by atoms with Gasteiger partial charge in [0.2, 0.25) is 5.91 Å². The Morgan fingerprint density at radius 2 is 1.24 bits per heavy atom. The zero-order valence-electron chi connectivity index (χ0n) is 30.8. The van der Waals surface area contributed by atoms with Crippen molar-refractivity contribution in [2.45, 2.75) is 219 Å². The fourth-order valence-corrected chi connectivity index (χ4v) is 6.17. The molecule has 7 nitrogen and oxygen atoms in total. The second-order valence-electron chi connectivity index (χ2n) is 13.7. The van der Waals surface area contributed by atoms with Gasteiger partial charge in [-0.15, -0.1) is 0 Å². The van der Waals surface area contributed by atoms with Gasteiger partial charge >= 0.3 is 0 Å². The number of rotatable bonds is 34. The van der Waals surface area contributed by atoms with Gasteiger partial charge in [0.25, 0.3) is 0 Å². The van der Waals surface area contributed by atoms with Gasteiger partial charge in [-0.3, -0.25) is 4.79 Å². The van der Waals surface area contributed by atoms with Crippen molar-refractivity contribution in [1.82, 2.24) is 15.3 Å². The number of aromatic amines is 1. The monoisotopic (exact) mass is 649 g/mol. The van der Waals surface area contributed by atoms with Crippen molar-refractivity contribution in [3.63, 3.8) is 0 Å². The van der Waals surface area contributed by atoms with E-state index in [0.717, 1.165) is 31.6 Å². The predicted octanol–water partition coefficient (Wildman–Crippen LogP) is 10.3. The van der Waals surface area contributed by atoms with Crippen LogP contribution >= 0.6 is 0 Å². The van der Waals surface area contributed by atoms with Crippen LogP contribution in [0.25, 0.3) is 0 Å². The first-order chi connectivity index (χ1) is 22.5. The fourth-order valence-electron chi connectivity index (χ4n) is 6.17. The normalized spacial score (nSPS) is 14.3. The molecular formula is C39H76N4O3. The zero-order chi connectivity index (χ0) is 33.5. The number of hydrogen-bond acceptors (Lipinski definition) is 5. The Labute approximate surface area is 284 Å². The van der Waals surface area contributed by atoms with Crippen LogP contribution in [0.3, 0.4) is 0 Å². The first-order valence-corrected chi connectivity index (χ1v) is 19.8. The second kappa shape index (κ2) is 30.9. The van der Waals surface area contributed by atoms with E-state index in [-0.39, 0.29) is 24.3 Å². The molecule has 1 heterocycles. The molecular weight excluding hydrogens is 572 g/mol. The number of imidazole rings is 1. The van der Waals surface area contributed by atoms with Crippen LogP contribution in [0.2, 0.25) is 0 Å². The molecule has 1 aromatic rings. The third-order valence-electron chi connectivity index (χ3n) is 9.33. The molecule has 0 radical (unpaired) electrons. The molecule has 1 rings (SSSR count). The number of amides is 1. The minimum Gasteiger partial charge on any atom is -0.376 e. The van der Waals surface area contributed by atoms with E-state index in [2.05, 4.69) is 36.1 Å². The number of nitrogens with zero attached hydrogens (tertiary/aromatic N) is 1. The van der Waals surface area contributed by atoms with Crippen molar-refractivity contribution >= 4 is 5.91 Å². The van der Waals surface area contributed by atoms with Crippen molar-refractivity contribution in [1.29, 1.82) is 0 Å². The fraction of sp³-hybridized carbons (Fsp3) is 0.897. The summed E-state index contributed by atoms with van der Waals surface area (Å²) in [6, 6.07) is -0.662. The van der Waals surface area contributed by atoms with Crippen LogP contribution in [-0.4, -0.2) is 47.0 Å². The highest BCUT2D eigenvalue weighted by atomic mass is 16.6. The molecule has 3 unspecified atom stereocenters. The predicted molar refractivity (Wildman–Crippen MR) is 195 cm³/mol. The third kappa shape index (κ3) is 23.8. The molecule has 4 N–H and O–H groups in total. The Balaban J connectivity index is 2.41. The summed E-state index contributed by atoms with van der Waals surface area (Å²) in [7, 11) is 0. The van der Waals surface area contributed by atoms with E-state index in [1.54, 1.807) is 12.5 Å². The molecule has 1 aromatic heterocycles. The van der Waals surface area contributed by atoms with Crippen molar-refractivity contribution in [2.24, 2.45) is 5.73 Å². The summed E-state index contributed by atoms with van der Waals surface area (Å²) in [6.07, 6.45) is 35.6. The Kier molecular flexibility index (Phi) is 28.6. The molecule has 0 aliphatic heterocycles. The second-order valence-corrected chi connectivity index (χ2v) is 13.7. The van der Waals surface area contributed by atoms with Crippen molar-refractivity contribution in [2.75, 3.05) is 6.61 Å². The topological polar surface area (TPSA) is 102 Å². The standard InChI is InChI=1S/C39H76N4O3/c1-5-8-10-12-14-16-18-19-20-21-23-25-27-29-37(34(4)45-30-28-26-24-22-17-15-13-11-9-6-2)46-38(7-3)43-39(44)36(40)31-35-32-41-33-42-35/h32-34,36-38H,5-31,40H2,1-4H3,(H,41,42)(H,43,44)/t34?,36-,37?,38?/m0/s1. The number of H-pyrrole nitrogens is 1. The molecule has 0 spiro atoms. The summed E-state index contributed by atoms with van der Waals surface area (Å²) in [5.41, 5.74) is 6.98. The van der Waals surface area contributed by atoms with Gasteiger partial charge in [0.05, 0.1) is 30.3 Å². The van der Waals surface area contributed by atoms with Gasteiger partial charge in [0.15, 0.2) is 0 Å². The maximum atomic E-state index is 12.9. The molecule has 0 aliphatic carbocycles. The number of ether oxygens (including phenoxy) is 2. The number of nitrogens with two attached hydrogens (primary N) is 1. The molecule has 270 valence electrons. The number of unbranched alkanes of at least 4 members (excludes halogenated alkanes) is 21. The maximum Gasteiger partial charge on any atom is 0.239 e. The summed E-state index contributed by atoms with van der Waals surface area (Å²) >= 11 is 0. The van der Waals surface area contributed by atoms with Gasteiger partial charge in [0.1, 0.15) is 6.23 Å². The molecule has 0 aliphatic rings. The van der Waals surface area contributed by atoms with E-state index in [4.69, 9.17) is 15.2 Å². The molecule has 1 amide bonds. The number of nitrogens with one attached hydrogen (secondary N) is 2. The van der Waals surface area contributed by atoms with Gasteiger partial charge in [0, 0.05) is 19.2 Å². The van der Waals surface area contributed by atoms with Gasteiger partial charge in [-0.05, 0) is 26.2 Å².